The van der Waals surface area contributed by atoms with Gasteiger partial charge in [0.1, 0.15) is 0 Å². The van der Waals surface area contributed by atoms with Crippen LogP contribution in [0.5, 0.6) is 0 Å². The molecule has 18 heavy (non-hydrogen) atoms. The van der Waals surface area contributed by atoms with E-state index in [4.69, 9.17) is 11.6 Å². The van der Waals surface area contributed by atoms with Gasteiger partial charge in [0.25, 0.3) is 5.91 Å². The molecule has 1 aliphatic rings. The lowest BCUT2D eigenvalue weighted by Gasteiger charge is -2.11. The topological polar surface area (TPSA) is 42.0 Å². The normalized spacial score (nSPS) is 16.3. The molecular weight excluding hydrogens is 268 g/mol. The van der Waals surface area contributed by atoms with E-state index in [1.54, 1.807) is 0 Å². The smallest absolute Gasteiger partial charge is 0.251 e. The lowest BCUT2D eigenvalue weighted by atomic mass is 10.1. The average Bonchev–Trinajstić information content (AvgIpc) is 2.95. The standard InChI is InChI=1S/C13H13ClN2OS/c14-13-16-10-6-5-8(7-11(10)18-13)12(17)15-9-3-1-2-4-9/h5-7,9H,1-4H2,(H,15,17). The number of benzene rings is 1. The molecule has 1 N–H and O–H groups in total. The van der Waals surface area contributed by atoms with Gasteiger partial charge in [-0.05, 0) is 31.0 Å². The summed E-state index contributed by atoms with van der Waals surface area (Å²) in [6.07, 6.45) is 4.63. The van der Waals surface area contributed by atoms with E-state index in [-0.39, 0.29) is 5.91 Å². The number of nitrogens with zero attached hydrogens (tertiary/aromatic N) is 1. The van der Waals surface area contributed by atoms with Crippen LogP contribution in [0, 0.1) is 0 Å². The van der Waals surface area contributed by atoms with Gasteiger partial charge in [0.15, 0.2) is 4.47 Å². The van der Waals surface area contributed by atoms with Crippen molar-refractivity contribution in [3.63, 3.8) is 0 Å². The Morgan fingerprint density at radius 1 is 1.39 bits per heavy atom. The minimum absolute atomic E-state index is 0.00771. The second kappa shape index (κ2) is 4.86. The predicted octanol–water partition coefficient (Wildman–Crippen LogP) is 3.62. The van der Waals surface area contributed by atoms with E-state index in [0.717, 1.165) is 23.1 Å². The van der Waals surface area contributed by atoms with Crippen LogP contribution in [-0.2, 0) is 0 Å². The molecule has 1 heterocycles. The van der Waals surface area contributed by atoms with Crippen molar-refractivity contribution in [1.29, 1.82) is 0 Å². The molecule has 1 aromatic carbocycles. The zero-order valence-corrected chi connectivity index (χ0v) is 11.4. The Kier molecular flexibility index (Phi) is 3.22. The number of hydrogen-bond acceptors (Lipinski definition) is 3. The van der Waals surface area contributed by atoms with Crippen LogP contribution in [0.25, 0.3) is 10.2 Å². The van der Waals surface area contributed by atoms with Crippen LogP contribution in [0.1, 0.15) is 36.0 Å². The number of nitrogens with one attached hydrogen (secondary N) is 1. The molecule has 0 atom stereocenters. The summed E-state index contributed by atoms with van der Waals surface area (Å²) in [5.41, 5.74) is 1.54. The molecule has 94 valence electrons. The first-order valence-corrected chi connectivity index (χ1v) is 7.29. The van der Waals surface area contributed by atoms with Crippen LogP contribution >= 0.6 is 22.9 Å². The van der Waals surface area contributed by atoms with Gasteiger partial charge in [0.05, 0.1) is 10.2 Å². The Morgan fingerprint density at radius 3 is 2.94 bits per heavy atom. The van der Waals surface area contributed by atoms with Crippen LogP contribution in [0.4, 0.5) is 0 Å². The molecule has 1 fully saturated rings. The predicted molar refractivity (Wildman–Crippen MR) is 74.4 cm³/mol. The Labute approximate surface area is 114 Å². The van der Waals surface area contributed by atoms with Gasteiger partial charge in [-0.3, -0.25) is 4.79 Å². The zero-order valence-electron chi connectivity index (χ0n) is 9.78. The van der Waals surface area contributed by atoms with Crippen molar-refractivity contribution in [2.24, 2.45) is 0 Å². The SMILES string of the molecule is O=C(NC1CCCC1)c1ccc2nc(Cl)sc2c1. The Balaban J connectivity index is 1.81. The van der Waals surface area contributed by atoms with E-state index in [2.05, 4.69) is 10.3 Å². The summed E-state index contributed by atoms with van der Waals surface area (Å²) in [5.74, 6) is 0.00771. The average molecular weight is 281 g/mol. The highest BCUT2D eigenvalue weighted by molar-refractivity contribution is 7.22. The summed E-state index contributed by atoms with van der Waals surface area (Å²) in [6.45, 7) is 0. The van der Waals surface area contributed by atoms with Crippen molar-refractivity contribution < 1.29 is 4.79 Å². The van der Waals surface area contributed by atoms with Crippen LogP contribution < -0.4 is 5.32 Å². The summed E-state index contributed by atoms with van der Waals surface area (Å²) in [5, 5.41) is 3.08. The first-order valence-electron chi connectivity index (χ1n) is 6.09. The fourth-order valence-electron chi connectivity index (χ4n) is 2.38. The second-order valence-electron chi connectivity index (χ2n) is 4.60. The number of halogens is 1. The molecule has 3 rings (SSSR count). The van der Waals surface area contributed by atoms with Gasteiger partial charge < -0.3 is 5.32 Å². The summed E-state index contributed by atoms with van der Waals surface area (Å²) < 4.78 is 1.47. The molecule has 0 unspecified atom stereocenters. The number of carbonyl (C=O) groups excluding carboxylic acids is 1. The maximum atomic E-state index is 12.1. The fourth-order valence-corrected chi connectivity index (χ4v) is 3.45. The van der Waals surface area contributed by atoms with Crippen molar-refractivity contribution in [3.8, 4) is 0 Å². The minimum atomic E-state index is 0.00771. The van der Waals surface area contributed by atoms with Crippen LogP contribution in [0.15, 0.2) is 18.2 Å². The van der Waals surface area contributed by atoms with E-state index in [9.17, 15) is 4.79 Å². The molecule has 0 aliphatic heterocycles. The van der Waals surface area contributed by atoms with E-state index in [1.165, 1.54) is 24.2 Å². The lowest BCUT2D eigenvalue weighted by Crippen LogP contribution is -2.32. The number of carbonyl (C=O) groups is 1. The van der Waals surface area contributed by atoms with E-state index < -0.39 is 0 Å². The molecular formula is C13H13ClN2OS. The molecule has 0 bridgehead atoms. The molecule has 0 radical (unpaired) electrons. The maximum absolute atomic E-state index is 12.1. The number of fused-ring (bicyclic) bond motifs is 1. The molecule has 1 amide bonds. The number of hydrogen-bond donors (Lipinski definition) is 1. The third-order valence-corrected chi connectivity index (χ3v) is 4.44. The number of aromatic nitrogens is 1. The Bertz CT molecular complexity index is 590. The fraction of sp³-hybridized carbons (Fsp3) is 0.385. The highest BCUT2D eigenvalue weighted by atomic mass is 35.5. The van der Waals surface area contributed by atoms with Gasteiger partial charge in [-0.25, -0.2) is 4.98 Å². The molecule has 0 spiro atoms. The van der Waals surface area contributed by atoms with Crippen molar-refractivity contribution in [2.75, 3.05) is 0 Å². The van der Waals surface area contributed by atoms with Crippen molar-refractivity contribution in [3.05, 3.63) is 28.2 Å². The molecule has 2 aromatic rings. The van der Waals surface area contributed by atoms with Gasteiger partial charge in [0, 0.05) is 11.6 Å². The summed E-state index contributed by atoms with van der Waals surface area (Å²) in [7, 11) is 0. The summed E-state index contributed by atoms with van der Waals surface area (Å²) in [6, 6.07) is 5.87. The lowest BCUT2D eigenvalue weighted by molar-refractivity contribution is 0.0938. The van der Waals surface area contributed by atoms with Gasteiger partial charge in [-0.2, -0.15) is 0 Å². The maximum Gasteiger partial charge on any atom is 0.251 e. The van der Waals surface area contributed by atoms with Crippen LogP contribution in [0.2, 0.25) is 4.47 Å². The first kappa shape index (κ1) is 11.9. The molecule has 1 aromatic heterocycles. The van der Waals surface area contributed by atoms with Crippen molar-refractivity contribution in [2.45, 2.75) is 31.7 Å². The highest BCUT2D eigenvalue weighted by Gasteiger charge is 2.18. The largest absolute Gasteiger partial charge is 0.349 e. The van der Waals surface area contributed by atoms with Gasteiger partial charge in [-0.15, -0.1) is 11.3 Å². The van der Waals surface area contributed by atoms with Crippen LogP contribution in [0.3, 0.4) is 0 Å². The number of rotatable bonds is 2. The van der Waals surface area contributed by atoms with E-state index in [1.807, 2.05) is 18.2 Å². The molecule has 1 aliphatic carbocycles. The van der Waals surface area contributed by atoms with Crippen molar-refractivity contribution >= 4 is 39.1 Å². The van der Waals surface area contributed by atoms with Crippen LogP contribution in [-0.4, -0.2) is 16.9 Å². The zero-order chi connectivity index (χ0) is 12.5. The summed E-state index contributed by atoms with van der Waals surface area (Å²) >= 11 is 7.26. The molecule has 0 saturated heterocycles. The Hall–Kier alpha value is -1.13. The minimum Gasteiger partial charge on any atom is -0.349 e. The number of amides is 1. The molecule has 3 nitrogen and oxygen atoms in total. The van der Waals surface area contributed by atoms with Gasteiger partial charge in [0.2, 0.25) is 0 Å². The number of thiazole rings is 1. The monoisotopic (exact) mass is 280 g/mol. The second-order valence-corrected chi connectivity index (χ2v) is 6.22. The quantitative estimate of drug-likeness (QED) is 0.913. The molecule has 1 saturated carbocycles. The van der Waals surface area contributed by atoms with E-state index in [0.29, 0.717) is 16.1 Å². The van der Waals surface area contributed by atoms with Gasteiger partial charge in [-0.1, -0.05) is 24.4 Å². The first-order chi connectivity index (χ1) is 8.72. The van der Waals surface area contributed by atoms with Gasteiger partial charge >= 0.3 is 0 Å². The third kappa shape index (κ3) is 2.35. The highest BCUT2D eigenvalue weighted by Crippen LogP contribution is 2.26. The molecule has 5 heteroatoms. The Morgan fingerprint density at radius 2 is 2.17 bits per heavy atom. The summed E-state index contributed by atoms with van der Waals surface area (Å²) in [4.78, 5) is 16.3. The van der Waals surface area contributed by atoms with E-state index >= 15 is 0 Å². The van der Waals surface area contributed by atoms with Crippen molar-refractivity contribution in [1.82, 2.24) is 10.3 Å². The third-order valence-electron chi connectivity index (χ3n) is 3.31.